The molecule has 0 aromatic heterocycles. The Bertz CT molecular complexity index is 1410. The summed E-state index contributed by atoms with van der Waals surface area (Å²) in [6.45, 7) is 5.34. The quantitative estimate of drug-likeness (QED) is 0.340. The average molecular weight is 466 g/mol. The molecule has 1 aliphatic heterocycles. The molecule has 1 atom stereocenters. The molecule has 5 rings (SSSR count). The zero-order valence-corrected chi connectivity index (χ0v) is 20.0. The molecule has 176 valence electrons. The van der Waals surface area contributed by atoms with Crippen LogP contribution < -0.4 is 9.64 Å². The molecular formula is C30H27NO4. The van der Waals surface area contributed by atoms with E-state index in [0.717, 1.165) is 21.2 Å². The van der Waals surface area contributed by atoms with Crippen LogP contribution in [0, 0.1) is 0 Å². The van der Waals surface area contributed by atoms with Crippen LogP contribution in [-0.4, -0.2) is 17.6 Å². The second-order valence-electron chi connectivity index (χ2n) is 9.74. The lowest BCUT2D eigenvalue weighted by atomic mass is 9.83. The van der Waals surface area contributed by atoms with Gasteiger partial charge in [-0.3, -0.25) is 4.79 Å². The first-order valence-corrected chi connectivity index (χ1v) is 11.7. The fourth-order valence-electron chi connectivity index (χ4n) is 4.46. The summed E-state index contributed by atoms with van der Waals surface area (Å²) < 4.78 is 12.2. The first kappa shape index (κ1) is 22.7. The smallest absolute Gasteiger partial charge is 0.422 e. The first-order valence-electron chi connectivity index (χ1n) is 11.7. The Labute approximate surface area is 204 Å². The summed E-state index contributed by atoms with van der Waals surface area (Å²) in [6.07, 6.45) is -0.477. The third-order valence-corrected chi connectivity index (χ3v) is 6.03. The second-order valence-corrected chi connectivity index (χ2v) is 9.74. The van der Waals surface area contributed by atoms with Crippen LogP contribution in [0.25, 0.3) is 10.8 Å². The Morgan fingerprint density at radius 2 is 1.51 bits per heavy atom. The average Bonchev–Trinajstić information content (AvgIpc) is 2.83. The van der Waals surface area contributed by atoms with Gasteiger partial charge in [0.1, 0.15) is 11.4 Å². The summed E-state index contributed by atoms with van der Waals surface area (Å²) in [7, 11) is 0. The molecule has 0 unspecified atom stereocenters. The first-order chi connectivity index (χ1) is 16.8. The van der Waals surface area contributed by atoms with E-state index in [1.807, 2.05) is 78.9 Å². The van der Waals surface area contributed by atoms with E-state index in [2.05, 4.69) is 0 Å². The number of nitrogens with zero attached hydrogens (tertiary/aromatic N) is 1. The molecule has 0 bridgehead atoms. The zero-order chi connectivity index (χ0) is 24.6. The van der Waals surface area contributed by atoms with Crippen LogP contribution in [0.1, 0.15) is 31.9 Å². The summed E-state index contributed by atoms with van der Waals surface area (Å²) in [5, 5.41) is 2.04. The van der Waals surface area contributed by atoms with E-state index in [9.17, 15) is 9.59 Å². The van der Waals surface area contributed by atoms with E-state index in [1.165, 1.54) is 0 Å². The van der Waals surface area contributed by atoms with Crippen molar-refractivity contribution in [1.29, 1.82) is 0 Å². The molecule has 0 radical (unpaired) electrons. The molecule has 4 aromatic rings. The van der Waals surface area contributed by atoms with Crippen molar-refractivity contribution in [2.45, 2.75) is 38.4 Å². The Hall–Kier alpha value is -4.12. The fraction of sp³-hybridized carbons (Fsp3) is 0.200. The van der Waals surface area contributed by atoms with Gasteiger partial charge < -0.3 is 9.47 Å². The highest BCUT2D eigenvalue weighted by Gasteiger charge is 2.52. The monoisotopic (exact) mass is 465 g/mol. The predicted molar refractivity (Wildman–Crippen MR) is 137 cm³/mol. The van der Waals surface area contributed by atoms with Gasteiger partial charge in [0.05, 0.1) is 5.69 Å². The van der Waals surface area contributed by atoms with Gasteiger partial charge in [-0.25, -0.2) is 9.69 Å². The molecule has 0 fully saturated rings. The van der Waals surface area contributed by atoms with Crippen molar-refractivity contribution >= 4 is 28.5 Å². The van der Waals surface area contributed by atoms with E-state index < -0.39 is 23.2 Å². The van der Waals surface area contributed by atoms with Gasteiger partial charge in [0.25, 0.3) is 5.91 Å². The largest absolute Gasteiger partial charge is 0.470 e. The van der Waals surface area contributed by atoms with Gasteiger partial charge in [0.2, 0.25) is 5.60 Å². The summed E-state index contributed by atoms with van der Waals surface area (Å²) in [4.78, 5) is 28.9. The van der Waals surface area contributed by atoms with E-state index in [0.29, 0.717) is 17.0 Å². The lowest BCUT2D eigenvalue weighted by molar-refractivity contribution is -0.136. The van der Waals surface area contributed by atoms with Gasteiger partial charge >= 0.3 is 6.09 Å². The molecule has 1 aliphatic rings. The number of ether oxygens (including phenoxy) is 2. The molecule has 35 heavy (non-hydrogen) atoms. The zero-order valence-electron chi connectivity index (χ0n) is 20.0. The van der Waals surface area contributed by atoms with Crippen molar-refractivity contribution < 1.29 is 19.1 Å². The van der Waals surface area contributed by atoms with Crippen LogP contribution in [0.15, 0.2) is 97.1 Å². The number of carbonyl (C=O) groups excluding carboxylic acids is 2. The van der Waals surface area contributed by atoms with E-state index >= 15 is 0 Å². The van der Waals surface area contributed by atoms with Crippen LogP contribution >= 0.6 is 0 Å². The van der Waals surface area contributed by atoms with Gasteiger partial charge in [-0.05, 0) is 55.3 Å². The number of rotatable bonds is 3. The lowest BCUT2D eigenvalue weighted by Gasteiger charge is -2.42. The number of imide groups is 1. The maximum absolute atomic E-state index is 14.4. The van der Waals surface area contributed by atoms with E-state index in [1.54, 1.807) is 39.0 Å². The molecule has 2 amide bonds. The highest BCUT2D eigenvalue weighted by Crippen LogP contribution is 2.45. The standard InChI is InChI=1S/C30H27NO4/c1-29(2,3)35-28(33)31-25-15-9-10-16-26(25)34-30(27(31)32,20-21-11-5-4-6-12-21)24-18-17-22-13-7-8-14-23(22)19-24/h4-19H,20H2,1-3H3/t30-/m1/s1. The van der Waals surface area contributed by atoms with Gasteiger partial charge in [-0.1, -0.05) is 78.9 Å². The van der Waals surface area contributed by atoms with Crippen LogP contribution in [-0.2, 0) is 21.6 Å². The number of hydrogen-bond donors (Lipinski definition) is 0. The third kappa shape index (κ3) is 4.26. The van der Waals surface area contributed by atoms with Crippen molar-refractivity contribution in [3.05, 3.63) is 108 Å². The van der Waals surface area contributed by atoms with Gasteiger partial charge in [-0.15, -0.1) is 0 Å². The molecule has 5 heteroatoms. The molecule has 0 saturated heterocycles. The van der Waals surface area contributed by atoms with Crippen molar-refractivity contribution in [3.8, 4) is 5.75 Å². The number of amides is 2. The van der Waals surface area contributed by atoms with Crippen molar-refractivity contribution in [2.75, 3.05) is 4.90 Å². The molecule has 0 spiro atoms. The van der Waals surface area contributed by atoms with Crippen LogP contribution in [0.3, 0.4) is 0 Å². The number of hydrogen-bond acceptors (Lipinski definition) is 4. The van der Waals surface area contributed by atoms with Gasteiger partial charge in [-0.2, -0.15) is 0 Å². The Kier molecular flexibility index (Phi) is 5.56. The molecule has 1 heterocycles. The summed E-state index contributed by atoms with van der Waals surface area (Å²) in [5.74, 6) is -0.0355. The van der Waals surface area contributed by atoms with Crippen molar-refractivity contribution in [3.63, 3.8) is 0 Å². The number of para-hydroxylation sites is 2. The number of benzene rings is 4. The SMILES string of the molecule is CC(C)(C)OC(=O)N1C(=O)[C@@](Cc2ccccc2)(c2ccc3ccccc3c2)Oc2ccccc21. The molecule has 0 N–H and O–H groups in total. The highest BCUT2D eigenvalue weighted by atomic mass is 16.6. The Balaban J connectivity index is 1.72. The van der Waals surface area contributed by atoms with Crippen LogP contribution in [0.2, 0.25) is 0 Å². The molecule has 0 aliphatic carbocycles. The normalized spacial score (nSPS) is 17.6. The second kappa shape index (κ2) is 8.58. The maximum Gasteiger partial charge on any atom is 0.422 e. The molecule has 0 saturated carbocycles. The highest BCUT2D eigenvalue weighted by molar-refractivity contribution is 6.18. The predicted octanol–water partition coefficient (Wildman–Crippen LogP) is 6.64. The summed E-state index contributed by atoms with van der Waals surface area (Å²) in [5.41, 5.74) is -0.270. The van der Waals surface area contributed by atoms with Gasteiger partial charge in [0, 0.05) is 12.0 Å². The Morgan fingerprint density at radius 1 is 0.857 bits per heavy atom. The minimum atomic E-state index is -1.46. The number of fused-ring (bicyclic) bond motifs is 2. The Morgan fingerprint density at radius 3 is 2.26 bits per heavy atom. The van der Waals surface area contributed by atoms with Crippen molar-refractivity contribution in [2.24, 2.45) is 0 Å². The number of carbonyl (C=O) groups is 2. The molecule has 5 nitrogen and oxygen atoms in total. The molecule has 4 aromatic carbocycles. The van der Waals surface area contributed by atoms with Crippen molar-refractivity contribution in [1.82, 2.24) is 0 Å². The fourth-order valence-corrected chi connectivity index (χ4v) is 4.46. The third-order valence-electron chi connectivity index (χ3n) is 6.03. The van der Waals surface area contributed by atoms with E-state index in [-0.39, 0.29) is 6.42 Å². The molecular weight excluding hydrogens is 438 g/mol. The van der Waals surface area contributed by atoms with Crippen LogP contribution in [0.5, 0.6) is 5.75 Å². The minimum absolute atomic E-state index is 0.249. The topological polar surface area (TPSA) is 55.8 Å². The minimum Gasteiger partial charge on any atom is -0.470 e. The van der Waals surface area contributed by atoms with Crippen LogP contribution in [0.4, 0.5) is 10.5 Å². The van der Waals surface area contributed by atoms with Gasteiger partial charge in [0.15, 0.2) is 0 Å². The van der Waals surface area contributed by atoms with E-state index in [4.69, 9.17) is 9.47 Å². The maximum atomic E-state index is 14.4. The summed E-state index contributed by atoms with van der Waals surface area (Å²) in [6, 6.07) is 30.6. The number of anilines is 1. The summed E-state index contributed by atoms with van der Waals surface area (Å²) >= 11 is 0. The lowest BCUT2D eigenvalue weighted by Crippen LogP contribution is -2.57.